The second-order valence-electron chi connectivity index (χ2n) is 7.14. The van der Waals surface area contributed by atoms with E-state index in [4.69, 9.17) is 0 Å². The van der Waals surface area contributed by atoms with Crippen LogP contribution in [-0.4, -0.2) is 57.1 Å². The summed E-state index contributed by atoms with van der Waals surface area (Å²) in [4.78, 5) is 6.45. The van der Waals surface area contributed by atoms with Crippen molar-refractivity contribution in [2.24, 2.45) is 13.0 Å². The van der Waals surface area contributed by atoms with Gasteiger partial charge in [0.1, 0.15) is 0 Å². The summed E-state index contributed by atoms with van der Waals surface area (Å²) in [6, 6.07) is 4.01. The highest BCUT2D eigenvalue weighted by Gasteiger charge is 2.20. The third kappa shape index (κ3) is 5.11. The number of nitrogens with zero attached hydrogens (tertiary/aromatic N) is 4. The summed E-state index contributed by atoms with van der Waals surface area (Å²) in [6.45, 7) is 6.71. The average Bonchev–Trinajstić information content (AvgIpc) is 2.97. The van der Waals surface area contributed by atoms with E-state index >= 15 is 0 Å². The Hall–Kier alpha value is -1.76. The van der Waals surface area contributed by atoms with Crippen molar-refractivity contribution in [3.8, 4) is 11.3 Å². The number of nitrogens with one attached hydrogen (secondary N) is 1. The van der Waals surface area contributed by atoms with Gasteiger partial charge in [0.2, 0.25) is 0 Å². The molecular weight excluding hydrogens is 314 g/mol. The first-order valence-corrected chi connectivity index (χ1v) is 9.16. The third-order valence-electron chi connectivity index (χ3n) is 4.84. The fourth-order valence-electron chi connectivity index (χ4n) is 3.58. The molecule has 6 heteroatoms. The second-order valence-corrected chi connectivity index (χ2v) is 7.14. The van der Waals surface area contributed by atoms with Crippen molar-refractivity contribution in [1.29, 1.82) is 0 Å². The van der Waals surface area contributed by atoms with Gasteiger partial charge in [-0.25, -0.2) is 0 Å². The minimum atomic E-state index is -0.230. The number of hydrogen-bond acceptors (Lipinski definition) is 5. The molecular formula is C19H29N5O. The highest BCUT2D eigenvalue weighted by Crippen LogP contribution is 2.21. The van der Waals surface area contributed by atoms with E-state index < -0.39 is 0 Å². The van der Waals surface area contributed by atoms with Crippen LogP contribution in [0.1, 0.15) is 25.3 Å². The fourth-order valence-corrected chi connectivity index (χ4v) is 3.58. The Balaban J connectivity index is 1.49. The quantitative estimate of drug-likeness (QED) is 0.800. The summed E-state index contributed by atoms with van der Waals surface area (Å²) in [5, 5.41) is 17.7. The van der Waals surface area contributed by atoms with Gasteiger partial charge in [0, 0.05) is 49.9 Å². The van der Waals surface area contributed by atoms with Crippen molar-refractivity contribution in [3.05, 3.63) is 36.3 Å². The Kier molecular flexibility index (Phi) is 6.18. The number of aryl methyl sites for hydroxylation is 1. The average molecular weight is 343 g/mol. The van der Waals surface area contributed by atoms with Crippen LogP contribution in [0.4, 0.5) is 0 Å². The zero-order chi connectivity index (χ0) is 17.6. The van der Waals surface area contributed by atoms with Crippen molar-refractivity contribution < 1.29 is 5.11 Å². The van der Waals surface area contributed by atoms with Gasteiger partial charge in [-0.2, -0.15) is 5.10 Å². The Bertz CT molecular complexity index is 647. The van der Waals surface area contributed by atoms with Gasteiger partial charge in [-0.15, -0.1) is 0 Å². The molecule has 0 aromatic carbocycles. The Labute approximate surface area is 149 Å². The maximum atomic E-state index is 9.49. The first-order valence-electron chi connectivity index (χ1n) is 9.16. The number of β-amino-alcohol motifs (C(OH)–C–C–N with tert-alkyl or cyclic N) is 1. The molecule has 3 heterocycles. The van der Waals surface area contributed by atoms with Crippen molar-refractivity contribution in [2.45, 2.75) is 32.4 Å². The smallest absolute Gasteiger partial charge is 0.0969 e. The molecule has 136 valence electrons. The summed E-state index contributed by atoms with van der Waals surface area (Å²) in [7, 11) is 1.96. The summed E-state index contributed by atoms with van der Waals surface area (Å²) >= 11 is 0. The zero-order valence-electron chi connectivity index (χ0n) is 15.2. The predicted molar refractivity (Wildman–Crippen MR) is 99.0 cm³/mol. The minimum Gasteiger partial charge on any atom is -0.392 e. The molecule has 2 aromatic heterocycles. The molecule has 1 saturated heterocycles. The summed E-state index contributed by atoms with van der Waals surface area (Å²) in [5.41, 5.74) is 3.36. The van der Waals surface area contributed by atoms with E-state index in [0.29, 0.717) is 5.92 Å². The number of aliphatic hydroxyl groups is 1. The largest absolute Gasteiger partial charge is 0.392 e. The first kappa shape index (κ1) is 18.0. The number of likely N-dealkylation sites (tertiary alicyclic amines) is 1. The van der Waals surface area contributed by atoms with Crippen LogP contribution in [0.25, 0.3) is 11.3 Å². The summed E-state index contributed by atoms with van der Waals surface area (Å²) in [5.74, 6) is 0.714. The number of pyridine rings is 1. The topological polar surface area (TPSA) is 66.2 Å². The number of aliphatic hydroxyl groups excluding tert-OH is 1. The Morgan fingerprint density at radius 2 is 2.00 bits per heavy atom. The number of piperidine rings is 1. The monoisotopic (exact) mass is 343 g/mol. The van der Waals surface area contributed by atoms with Gasteiger partial charge in [0.15, 0.2) is 0 Å². The van der Waals surface area contributed by atoms with E-state index in [1.54, 1.807) is 0 Å². The number of hydrogen-bond donors (Lipinski definition) is 2. The van der Waals surface area contributed by atoms with Crippen LogP contribution in [0.15, 0.2) is 30.7 Å². The molecule has 1 aliphatic heterocycles. The third-order valence-corrected chi connectivity index (χ3v) is 4.84. The predicted octanol–water partition coefficient (Wildman–Crippen LogP) is 1.66. The molecule has 6 nitrogen and oxygen atoms in total. The van der Waals surface area contributed by atoms with Gasteiger partial charge in [-0.3, -0.25) is 9.67 Å². The normalized spacial score (nSPS) is 17.7. The maximum Gasteiger partial charge on any atom is 0.0969 e. The lowest BCUT2D eigenvalue weighted by Crippen LogP contribution is -2.40. The van der Waals surface area contributed by atoms with E-state index in [1.165, 1.54) is 18.4 Å². The zero-order valence-corrected chi connectivity index (χ0v) is 15.2. The van der Waals surface area contributed by atoms with E-state index in [9.17, 15) is 5.11 Å². The van der Waals surface area contributed by atoms with Crippen molar-refractivity contribution in [1.82, 2.24) is 25.0 Å². The molecule has 0 bridgehead atoms. The molecule has 1 atom stereocenters. The molecule has 1 aliphatic rings. The standard InChI is InChI=1S/C19H29N5O/c1-15(25)13-24-9-5-16(6-10-24)11-21-12-18-14-23(2)22-19(18)17-3-7-20-8-4-17/h3-4,7-8,14-16,21,25H,5-6,9-13H2,1-2H3. The highest BCUT2D eigenvalue weighted by atomic mass is 16.3. The number of aromatic nitrogens is 3. The lowest BCUT2D eigenvalue weighted by molar-refractivity contribution is 0.0998. The lowest BCUT2D eigenvalue weighted by atomic mass is 9.96. The van der Waals surface area contributed by atoms with Crippen LogP contribution in [-0.2, 0) is 13.6 Å². The highest BCUT2D eigenvalue weighted by molar-refractivity contribution is 5.61. The van der Waals surface area contributed by atoms with Crippen molar-refractivity contribution in [2.75, 3.05) is 26.2 Å². The maximum absolute atomic E-state index is 9.49. The van der Waals surface area contributed by atoms with Crippen molar-refractivity contribution in [3.63, 3.8) is 0 Å². The minimum absolute atomic E-state index is 0.230. The molecule has 0 aliphatic carbocycles. The molecule has 0 spiro atoms. The molecule has 25 heavy (non-hydrogen) atoms. The molecule has 0 radical (unpaired) electrons. The van der Waals surface area contributed by atoms with E-state index in [1.807, 2.05) is 43.2 Å². The molecule has 3 rings (SSSR count). The van der Waals surface area contributed by atoms with Gasteiger partial charge in [0.05, 0.1) is 11.8 Å². The van der Waals surface area contributed by atoms with E-state index in [-0.39, 0.29) is 6.10 Å². The molecule has 0 amide bonds. The summed E-state index contributed by atoms with van der Waals surface area (Å²) in [6.07, 6.45) is 7.87. The molecule has 1 unspecified atom stereocenters. The van der Waals surface area contributed by atoms with Gasteiger partial charge in [0.25, 0.3) is 0 Å². The van der Waals surface area contributed by atoms with Crippen LogP contribution in [0.3, 0.4) is 0 Å². The van der Waals surface area contributed by atoms with Crippen LogP contribution in [0.2, 0.25) is 0 Å². The summed E-state index contributed by atoms with van der Waals surface area (Å²) < 4.78 is 1.88. The van der Waals surface area contributed by atoms with Crippen LogP contribution < -0.4 is 5.32 Å². The van der Waals surface area contributed by atoms with Gasteiger partial charge in [-0.05, 0) is 57.5 Å². The van der Waals surface area contributed by atoms with E-state index in [0.717, 1.165) is 44.0 Å². The molecule has 1 fully saturated rings. The van der Waals surface area contributed by atoms with Gasteiger partial charge >= 0.3 is 0 Å². The SMILES string of the molecule is CC(O)CN1CCC(CNCc2cn(C)nc2-c2ccncc2)CC1. The van der Waals surface area contributed by atoms with Crippen LogP contribution in [0, 0.1) is 5.92 Å². The number of rotatable bonds is 7. The lowest BCUT2D eigenvalue weighted by Gasteiger charge is -2.32. The van der Waals surface area contributed by atoms with Gasteiger partial charge < -0.3 is 15.3 Å². The first-order chi connectivity index (χ1) is 12.1. The van der Waals surface area contributed by atoms with Crippen LogP contribution >= 0.6 is 0 Å². The Morgan fingerprint density at radius 1 is 1.28 bits per heavy atom. The molecule has 0 saturated carbocycles. The van der Waals surface area contributed by atoms with E-state index in [2.05, 4.69) is 26.5 Å². The van der Waals surface area contributed by atoms with Crippen LogP contribution in [0.5, 0.6) is 0 Å². The fraction of sp³-hybridized carbons (Fsp3) is 0.579. The molecule has 2 N–H and O–H groups in total. The second kappa shape index (κ2) is 8.56. The van der Waals surface area contributed by atoms with Crippen molar-refractivity contribution >= 4 is 0 Å². The molecule has 2 aromatic rings. The Morgan fingerprint density at radius 3 is 2.68 bits per heavy atom. The van der Waals surface area contributed by atoms with Gasteiger partial charge in [-0.1, -0.05) is 0 Å².